The Morgan fingerprint density at radius 3 is 2.88 bits per heavy atom. The molecule has 2 aromatic rings. The largest absolute Gasteiger partial charge is 0.379 e. The predicted molar refractivity (Wildman–Crippen MR) is 94.5 cm³/mol. The van der Waals surface area contributed by atoms with Crippen molar-refractivity contribution in [3.05, 3.63) is 54.5 Å². The van der Waals surface area contributed by atoms with Crippen LogP contribution in [0, 0.1) is 5.41 Å². The zero-order valence-electron chi connectivity index (χ0n) is 14.2. The van der Waals surface area contributed by atoms with E-state index in [-0.39, 0.29) is 11.3 Å². The molecule has 0 N–H and O–H groups in total. The predicted octanol–water partition coefficient (Wildman–Crippen LogP) is 1.85. The van der Waals surface area contributed by atoms with E-state index in [1.54, 1.807) is 18.5 Å². The number of amides is 1. The minimum Gasteiger partial charge on any atom is -0.379 e. The number of ether oxygens (including phenoxy) is 1. The highest BCUT2D eigenvalue weighted by Crippen LogP contribution is 2.35. The van der Waals surface area contributed by atoms with E-state index in [9.17, 15) is 4.79 Å². The molecule has 0 unspecified atom stereocenters. The first-order valence-electron chi connectivity index (χ1n) is 8.69. The fourth-order valence-corrected chi connectivity index (χ4v) is 3.76. The zero-order valence-corrected chi connectivity index (χ0v) is 14.2. The van der Waals surface area contributed by atoms with Crippen molar-refractivity contribution in [2.24, 2.45) is 5.41 Å². The third-order valence-electron chi connectivity index (χ3n) is 5.05. The van der Waals surface area contributed by atoms with Gasteiger partial charge < -0.3 is 14.5 Å². The Kier molecular flexibility index (Phi) is 4.36. The van der Waals surface area contributed by atoms with E-state index < -0.39 is 0 Å². The second-order valence-electron chi connectivity index (χ2n) is 6.88. The van der Waals surface area contributed by atoms with Gasteiger partial charge in [-0.25, -0.2) is 4.98 Å². The summed E-state index contributed by atoms with van der Waals surface area (Å²) in [4.78, 5) is 25.6. The van der Waals surface area contributed by atoms with E-state index in [4.69, 9.17) is 4.74 Å². The average molecular weight is 338 g/mol. The van der Waals surface area contributed by atoms with E-state index in [0.29, 0.717) is 31.9 Å². The molecule has 2 saturated heterocycles. The number of carbonyl (C=O) groups excluding carboxylic acids is 1. The molecule has 0 bridgehead atoms. The number of hydrogen-bond donors (Lipinski definition) is 0. The van der Waals surface area contributed by atoms with E-state index in [2.05, 4.69) is 14.9 Å². The summed E-state index contributed by atoms with van der Waals surface area (Å²) >= 11 is 0. The smallest absolute Gasteiger partial charge is 0.255 e. The Hall–Kier alpha value is -2.47. The molecule has 25 heavy (non-hydrogen) atoms. The lowest BCUT2D eigenvalue weighted by atomic mass is 9.87. The Morgan fingerprint density at radius 2 is 2.08 bits per heavy atom. The summed E-state index contributed by atoms with van der Waals surface area (Å²) in [5.41, 5.74) is 0.602. The van der Waals surface area contributed by atoms with Gasteiger partial charge in [-0.05, 0) is 30.7 Å². The van der Waals surface area contributed by atoms with Crippen molar-refractivity contribution in [1.29, 1.82) is 0 Å². The standard InChI is InChI=1S/C19H22N4O2/c24-18(16-4-3-7-20-12-16)23-10-11-25-15-19(14-23)6-9-22(13-19)17-5-1-2-8-21-17/h1-5,7-8,12H,6,9-11,13-15H2/t19-/m0/s1. The summed E-state index contributed by atoms with van der Waals surface area (Å²) in [5.74, 6) is 1.03. The normalized spacial score (nSPS) is 23.7. The molecule has 1 spiro atoms. The van der Waals surface area contributed by atoms with Crippen LogP contribution in [-0.4, -0.2) is 60.2 Å². The van der Waals surface area contributed by atoms with Gasteiger partial charge in [-0.3, -0.25) is 9.78 Å². The van der Waals surface area contributed by atoms with Crippen LogP contribution in [0.1, 0.15) is 16.8 Å². The van der Waals surface area contributed by atoms with Crippen LogP contribution in [0.2, 0.25) is 0 Å². The average Bonchev–Trinajstić information content (AvgIpc) is 2.97. The molecule has 4 heterocycles. The fourth-order valence-electron chi connectivity index (χ4n) is 3.76. The SMILES string of the molecule is O=C(c1cccnc1)N1CCOC[C@]2(CCN(c3ccccn3)C2)C1. The molecule has 0 aliphatic carbocycles. The second-order valence-corrected chi connectivity index (χ2v) is 6.88. The minimum absolute atomic E-state index is 0.0358. The molecule has 2 fully saturated rings. The zero-order chi connectivity index (χ0) is 17.1. The van der Waals surface area contributed by atoms with Crippen LogP contribution in [0.4, 0.5) is 5.82 Å². The third-order valence-corrected chi connectivity index (χ3v) is 5.05. The van der Waals surface area contributed by atoms with Gasteiger partial charge in [0.15, 0.2) is 0 Å². The van der Waals surface area contributed by atoms with Crippen molar-refractivity contribution in [2.45, 2.75) is 6.42 Å². The van der Waals surface area contributed by atoms with Gasteiger partial charge in [0.05, 0.1) is 18.8 Å². The Bertz CT molecular complexity index is 725. The van der Waals surface area contributed by atoms with Crippen LogP contribution >= 0.6 is 0 Å². The lowest BCUT2D eigenvalue weighted by molar-refractivity contribution is 0.0690. The van der Waals surface area contributed by atoms with Crippen LogP contribution in [0.5, 0.6) is 0 Å². The topological polar surface area (TPSA) is 58.6 Å². The number of hydrogen-bond acceptors (Lipinski definition) is 5. The summed E-state index contributed by atoms with van der Waals surface area (Å²) in [6.07, 6.45) is 6.14. The van der Waals surface area contributed by atoms with Gasteiger partial charge in [-0.1, -0.05) is 6.07 Å². The summed E-state index contributed by atoms with van der Waals surface area (Å²) in [6, 6.07) is 9.60. The number of anilines is 1. The molecule has 1 atom stereocenters. The van der Waals surface area contributed by atoms with Crippen LogP contribution in [0.15, 0.2) is 48.9 Å². The second kappa shape index (κ2) is 6.80. The summed E-state index contributed by atoms with van der Waals surface area (Å²) in [5, 5.41) is 0. The van der Waals surface area contributed by atoms with Crippen LogP contribution < -0.4 is 4.90 Å². The van der Waals surface area contributed by atoms with Gasteiger partial charge in [-0.2, -0.15) is 0 Å². The first-order valence-corrected chi connectivity index (χ1v) is 8.69. The monoisotopic (exact) mass is 338 g/mol. The lowest BCUT2D eigenvalue weighted by Crippen LogP contribution is -2.43. The van der Waals surface area contributed by atoms with Crippen LogP contribution in [0.3, 0.4) is 0 Å². The van der Waals surface area contributed by atoms with Crippen molar-refractivity contribution in [3.63, 3.8) is 0 Å². The number of carbonyl (C=O) groups is 1. The van der Waals surface area contributed by atoms with Gasteiger partial charge in [-0.15, -0.1) is 0 Å². The van der Waals surface area contributed by atoms with Gasteiger partial charge in [0.1, 0.15) is 5.82 Å². The Balaban J connectivity index is 1.51. The van der Waals surface area contributed by atoms with Crippen LogP contribution in [-0.2, 0) is 4.74 Å². The van der Waals surface area contributed by atoms with E-state index in [0.717, 1.165) is 25.3 Å². The third kappa shape index (κ3) is 3.35. The molecule has 2 aliphatic heterocycles. The highest BCUT2D eigenvalue weighted by atomic mass is 16.5. The number of aromatic nitrogens is 2. The molecule has 6 nitrogen and oxygen atoms in total. The molecular formula is C19H22N4O2. The molecule has 2 aromatic heterocycles. The van der Waals surface area contributed by atoms with Crippen molar-refractivity contribution < 1.29 is 9.53 Å². The Labute approximate surface area is 147 Å². The highest BCUT2D eigenvalue weighted by Gasteiger charge is 2.42. The summed E-state index contributed by atoms with van der Waals surface area (Å²) in [6.45, 7) is 4.41. The van der Waals surface area contributed by atoms with Gasteiger partial charge in [0.25, 0.3) is 5.91 Å². The number of pyridine rings is 2. The maximum Gasteiger partial charge on any atom is 0.255 e. The van der Waals surface area contributed by atoms with Crippen molar-refractivity contribution in [3.8, 4) is 0 Å². The molecule has 4 rings (SSSR count). The maximum absolute atomic E-state index is 12.8. The van der Waals surface area contributed by atoms with Crippen molar-refractivity contribution in [2.75, 3.05) is 44.3 Å². The molecule has 0 radical (unpaired) electrons. The Morgan fingerprint density at radius 1 is 1.12 bits per heavy atom. The molecule has 130 valence electrons. The van der Waals surface area contributed by atoms with Crippen molar-refractivity contribution >= 4 is 11.7 Å². The lowest BCUT2D eigenvalue weighted by Gasteiger charge is -2.32. The summed E-state index contributed by atoms with van der Waals surface area (Å²) < 4.78 is 5.88. The molecule has 2 aliphatic rings. The van der Waals surface area contributed by atoms with E-state index >= 15 is 0 Å². The van der Waals surface area contributed by atoms with E-state index in [1.807, 2.05) is 35.4 Å². The molecule has 0 aromatic carbocycles. The number of rotatable bonds is 2. The molecule has 1 amide bonds. The van der Waals surface area contributed by atoms with Gasteiger partial charge >= 0.3 is 0 Å². The fraction of sp³-hybridized carbons (Fsp3) is 0.421. The van der Waals surface area contributed by atoms with Gasteiger partial charge in [0.2, 0.25) is 0 Å². The van der Waals surface area contributed by atoms with Gasteiger partial charge in [0, 0.05) is 50.2 Å². The minimum atomic E-state index is -0.0358. The first kappa shape index (κ1) is 16.0. The highest BCUT2D eigenvalue weighted by molar-refractivity contribution is 5.93. The van der Waals surface area contributed by atoms with Crippen molar-refractivity contribution in [1.82, 2.24) is 14.9 Å². The molecular weight excluding hydrogens is 316 g/mol. The van der Waals surface area contributed by atoms with Crippen LogP contribution in [0.25, 0.3) is 0 Å². The molecule has 6 heteroatoms. The quantitative estimate of drug-likeness (QED) is 0.836. The summed E-state index contributed by atoms with van der Waals surface area (Å²) in [7, 11) is 0. The molecule has 0 saturated carbocycles. The van der Waals surface area contributed by atoms with E-state index in [1.165, 1.54) is 0 Å². The number of nitrogens with zero attached hydrogens (tertiary/aromatic N) is 4. The first-order chi connectivity index (χ1) is 12.3. The maximum atomic E-state index is 12.8.